The van der Waals surface area contributed by atoms with Gasteiger partial charge in [-0.3, -0.25) is 4.79 Å². The van der Waals surface area contributed by atoms with E-state index in [-0.39, 0.29) is 25.3 Å². The summed E-state index contributed by atoms with van der Waals surface area (Å²) in [4.78, 5) is 13.9. The van der Waals surface area contributed by atoms with Gasteiger partial charge in [0.25, 0.3) is 10.2 Å². The predicted octanol–water partition coefficient (Wildman–Crippen LogP) is -1.19. The molecule has 9 nitrogen and oxygen atoms in total. The standard InChI is InChI=1S/C7H12N4O5S/c1-11(3-2-7(12)13)17(14,15)9-4-6-8-5-16-10-6/h5,9H,2-4H2,1H3,(H,12,13). The van der Waals surface area contributed by atoms with Gasteiger partial charge in [0.2, 0.25) is 6.39 Å². The summed E-state index contributed by atoms with van der Waals surface area (Å²) in [7, 11) is -2.45. The summed E-state index contributed by atoms with van der Waals surface area (Å²) < 4.78 is 30.7. The van der Waals surface area contributed by atoms with Crippen LogP contribution >= 0.6 is 0 Å². The maximum absolute atomic E-state index is 11.6. The number of carboxylic acids is 1. The highest BCUT2D eigenvalue weighted by Gasteiger charge is 2.18. The first kappa shape index (κ1) is 13.5. The van der Waals surface area contributed by atoms with Crippen LogP contribution < -0.4 is 4.72 Å². The van der Waals surface area contributed by atoms with Crippen molar-refractivity contribution in [2.24, 2.45) is 0 Å². The zero-order chi connectivity index (χ0) is 12.9. The number of aliphatic carboxylic acids is 1. The van der Waals surface area contributed by atoms with Crippen molar-refractivity contribution in [2.75, 3.05) is 13.6 Å². The van der Waals surface area contributed by atoms with Crippen LogP contribution in [-0.4, -0.2) is 47.5 Å². The Kier molecular flexibility index (Phi) is 4.54. The van der Waals surface area contributed by atoms with Gasteiger partial charge in [0.05, 0.1) is 13.0 Å². The molecular formula is C7H12N4O5S. The summed E-state index contributed by atoms with van der Waals surface area (Å²) in [6.07, 6.45) is 0.817. The molecule has 17 heavy (non-hydrogen) atoms. The van der Waals surface area contributed by atoms with Crippen molar-refractivity contribution < 1.29 is 22.8 Å². The van der Waals surface area contributed by atoms with Crippen LogP contribution in [-0.2, 0) is 21.5 Å². The molecule has 1 heterocycles. The maximum Gasteiger partial charge on any atom is 0.304 e. The van der Waals surface area contributed by atoms with Gasteiger partial charge in [-0.2, -0.15) is 22.4 Å². The van der Waals surface area contributed by atoms with Crippen LogP contribution in [0, 0.1) is 0 Å². The van der Waals surface area contributed by atoms with E-state index >= 15 is 0 Å². The van der Waals surface area contributed by atoms with Crippen LogP contribution in [0.4, 0.5) is 0 Å². The van der Waals surface area contributed by atoms with E-state index in [0.29, 0.717) is 0 Å². The first-order valence-corrected chi connectivity index (χ1v) is 6.04. The van der Waals surface area contributed by atoms with Crippen LogP contribution in [0.25, 0.3) is 0 Å². The molecule has 0 saturated heterocycles. The summed E-state index contributed by atoms with van der Waals surface area (Å²) in [5.74, 6) is -0.870. The molecule has 0 atom stereocenters. The Morgan fingerprint density at radius 3 is 2.88 bits per heavy atom. The van der Waals surface area contributed by atoms with Gasteiger partial charge >= 0.3 is 5.97 Å². The third-order valence-corrected chi connectivity index (χ3v) is 3.38. The molecule has 0 aliphatic carbocycles. The van der Waals surface area contributed by atoms with Crippen LogP contribution in [0.3, 0.4) is 0 Å². The molecule has 0 aromatic carbocycles. The monoisotopic (exact) mass is 264 g/mol. The minimum atomic E-state index is -3.73. The summed E-state index contributed by atoms with van der Waals surface area (Å²) >= 11 is 0. The number of rotatable bonds is 7. The molecule has 0 unspecified atom stereocenters. The van der Waals surface area contributed by atoms with Gasteiger partial charge in [-0.15, -0.1) is 0 Å². The fourth-order valence-corrected chi connectivity index (χ4v) is 1.77. The molecule has 0 spiro atoms. The Hall–Kier alpha value is -1.52. The second kappa shape index (κ2) is 5.70. The molecule has 1 aromatic heterocycles. The first-order chi connectivity index (χ1) is 7.92. The zero-order valence-corrected chi connectivity index (χ0v) is 9.85. The average Bonchev–Trinajstić information content (AvgIpc) is 2.75. The molecule has 10 heteroatoms. The molecule has 1 aromatic rings. The summed E-state index contributed by atoms with van der Waals surface area (Å²) in [5.41, 5.74) is 0. The number of aromatic nitrogens is 2. The molecular weight excluding hydrogens is 252 g/mol. The molecule has 0 aliphatic heterocycles. The SMILES string of the molecule is CN(CCC(=O)O)S(=O)(=O)NCc1ncon1. The van der Waals surface area contributed by atoms with Crippen molar-refractivity contribution in [3.05, 3.63) is 12.2 Å². The zero-order valence-electron chi connectivity index (χ0n) is 9.03. The van der Waals surface area contributed by atoms with Crippen LogP contribution in [0.2, 0.25) is 0 Å². The number of nitrogens with one attached hydrogen (secondary N) is 1. The topological polar surface area (TPSA) is 126 Å². The van der Waals surface area contributed by atoms with E-state index in [1.807, 2.05) is 0 Å². The molecule has 0 radical (unpaired) electrons. The minimum Gasteiger partial charge on any atom is -0.481 e. The third-order valence-electron chi connectivity index (χ3n) is 1.87. The molecule has 0 bridgehead atoms. The highest BCUT2D eigenvalue weighted by atomic mass is 32.2. The Labute approximate surface area is 97.6 Å². The van der Waals surface area contributed by atoms with E-state index in [4.69, 9.17) is 5.11 Å². The number of hydrogen-bond acceptors (Lipinski definition) is 6. The van der Waals surface area contributed by atoms with E-state index in [2.05, 4.69) is 19.4 Å². The van der Waals surface area contributed by atoms with Crippen LogP contribution in [0.5, 0.6) is 0 Å². The maximum atomic E-state index is 11.6. The van der Waals surface area contributed by atoms with Gasteiger partial charge in [-0.1, -0.05) is 5.16 Å². The van der Waals surface area contributed by atoms with Gasteiger partial charge in [0, 0.05) is 13.6 Å². The predicted molar refractivity (Wildman–Crippen MR) is 54.9 cm³/mol. The van der Waals surface area contributed by atoms with Gasteiger partial charge in [0.1, 0.15) is 0 Å². The smallest absolute Gasteiger partial charge is 0.304 e. The minimum absolute atomic E-state index is 0.114. The molecule has 1 rings (SSSR count). The largest absolute Gasteiger partial charge is 0.481 e. The van der Waals surface area contributed by atoms with E-state index in [1.54, 1.807) is 0 Å². The Morgan fingerprint density at radius 2 is 2.35 bits per heavy atom. The lowest BCUT2D eigenvalue weighted by atomic mass is 10.4. The van der Waals surface area contributed by atoms with Gasteiger partial charge in [0.15, 0.2) is 5.82 Å². The van der Waals surface area contributed by atoms with Crippen molar-refractivity contribution in [3.8, 4) is 0 Å². The van der Waals surface area contributed by atoms with Gasteiger partial charge < -0.3 is 9.63 Å². The lowest BCUT2D eigenvalue weighted by molar-refractivity contribution is -0.137. The number of nitrogens with zero attached hydrogens (tertiary/aromatic N) is 3. The average molecular weight is 264 g/mol. The Morgan fingerprint density at radius 1 is 1.65 bits per heavy atom. The molecule has 96 valence electrons. The quantitative estimate of drug-likeness (QED) is 0.634. The van der Waals surface area contributed by atoms with E-state index < -0.39 is 16.2 Å². The highest BCUT2D eigenvalue weighted by molar-refractivity contribution is 7.87. The van der Waals surface area contributed by atoms with Gasteiger partial charge in [-0.25, -0.2) is 0 Å². The third kappa shape index (κ3) is 4.46. The summed E-state index contributed by atoms with van der Waals surface area (Å²) in [6.45, 7) is -0.229. The van der Waals surface area contributed by atoms with Crippen LogP contribution in [0.1, 0.15) is 12.2 Å². The molecule has 0 aliphatic rings. The second-order valence-corrected chi connectivity index (χ2v) is 5.00. The lowest BCUT2D eigenvalue weighted by Gasteiger charge is -2.15. The molecule has 0 fully saturated rings. The molecule has 2 N–H and O–H groups in total. The van der Waals surface area contributed by atoms with Gasteiger partial charge in [-0.05, 0) is 0 Å². The molecule has 0 saturated carbocycles. The Balaban J connectivity index is 2.47. The van der Waals surface area contributed by atoms with Crippen molar-refractivity contribution >= 4 is 16.2 Å². The Bertz CT molecular complexity index is 457. The van der Waals surface area contributed by atoms with Crippen molar-refractivity contribution in [1.82, 2.24) is 19.2 Å². The number of hydrogen-bond donors (Lipinski definition) is 2. The summed E-state index contributed by atoms with van der Waals surface area (Å²) in [6, 6.07) is 0. The number of carbonyl (C=O) groups is 1. The van der Waals surface area contributed by atoms with Crippen molar-refractivity contribution in [2.45, 2.75) is 13.0 Å². The fourth-order valence-electron chi connectivity index (χ4n) is 0.910. The van der Waals surface area contributed by atoms with E-state index in [9.17, 15) is 13.2 Å². The normalized spacial score (nSPS) is 11.9. The van der Waals surface area contributed by atoms with E-state index in [0.717, 1.165) is 10.7 Å². The van der Waals surface area contributed by atoms with Crippen molar-refractivity contribution in [3.63, 3.8) is 0 Å². The highest BCUT2D eigenvalue weighted by Crippen LogP contribution is 1.97. The number of carboxylic acid groups (broad SMARTS) is 1. The summed E-state index contributed by atoms with van der Waals surface area (Å²) in [5, 5.41) is 11.9. The molecule has 0 amide bonds. The second-order valence-electron chi connectivity index (χ2n) is 3.14. The lowest BCUT2D eigenvalue weighted by Crippen LogP contribution is -2.39. The van der Waals surface area contributed by atoms with E-state index in [1.165, 1.54) is 7.05 Å². The van der Waals surface area contributed by atoms with Crippen molar-refractivity contribution in [1.29, 1.82) is 0 Å². The first-order valence-electron chi connectivity index (χ1n) is 4.60. The fraction of sp³-hybridized carbons (Fsp3) is 0.571. The van der Waals surface area contributed by atoms with Crippen LogP contribution in [0.15, 0.2) is 10.9 Å².